The number of aryl methyl sites for hydroxylation is 2. The van der Waals surface area contributed by atoms with Gasteiger partial charge < -0.3 is 5.32 Å². The number of carbonyl (C=O) groups is 2. The molecule has 34 heavy (non-hydrogen) atoms. The summed E-state index contributed by atoms with van der Waals surface area (Å²) < 4.78 is 28.3. The number of rotatable bonds is 7. The first-order chi connectivity index (χ1) is 16.3. The van der Waals surface area contributed by atoms with Crippen LogP contribution in [0.15, 0.2) is 76.6 Å². The van der Waals surface area contributed by atoms with Gasteiger partial charge in [0.1, 0.15) is 5.92 Å². The molecular weight excluding hydrogens is 450 g/mol. The third-order valence-corrected chi connectivity index (χ3v) is 7.05. The van der Waals surface area contributed by atoms with Crippen LogP contribution in [0.5, 0.6) is 0 Å². The van der Waals surface area contributed by atoms with Gasteiger partial charge in [0.25, 0.3) is 10.0 Å². The number of sulfonamides is 1. The van der Waals surface area contributed by atoms with Gasteiger partial charge in [-0.25, -0.2) is 8.42 Å². The van der Waals surface area contributed by atoms with E-state index in [1.165, 1.54) is 24.4 Å². The van der Waals surface area contributed by atoms with Crippen LogP contribution in [-0.4, -0.2) is 26.3 Å². The second kappa shape index (κ2) is 9.61. The molecule has 1 atom stereocenters. The average molecular weight is 476 g/mol. The van der Waals surface area contributed by atoms with Crippen molar-refractivity contribution in [3.05, 3.63) is 89.0 Å². The molecule has 0 spiro atoms. The van der Waals surface area contributed by atoms with Gasteiger partial charge in [0.05, 0.1) is 10.6 Å². The molecule has 1 amide bonds. The summed E-state index contributed by atoms with van der Waals surface area (Å²) in [6, 6.07) is 18.9. The number of hydrogen-bond donors (Lipinski definition) is 2. The molecule has 3 aromatic rings. The van der Waals surface area contributed by atoms with Crippen molar-refractivity contribution < 1.29 is 18.0 Å². The lowest BCUT2D eigenvalue weighted by atomic mass is 9.94. The van der Waals surface area contributed by atoms with Crippen LogP contribution in [0.2, 0.25) is 0 Å². The Morgan fingerprint density at radius 2 is 1.65 bits per heavy atom. The minimum Gasteiger partial charge on any atom is -0.351 e. The van der Waals surface area contributed by atoms with E-state index < -0.39 is 27.6 Å². The van der Waals surface area contributed by atoms with Gasteiger partial charge in [0.15, 0.2) is 5.78 Å². The van der Waals surface area contributed by atoms with E-state index in [4.69, 9.17) is 0 Å². The summed E-state index contributed by atoms with van der Waals surface area (Å²) in [5.41, 5.74) is 3.96. The van der Waals surface area contributed by atoms with Crippen molar-refractivity contribution in [1.29, 1.82) is 0 Å². The topological polar surface area (TPSA) is 105 Å². The highest BCUT2D eigenvalue weighted by molar-refractivity contribution is 7.92. The van der Waals surface area contributed by atoms with Crippen LogP contribution in [-0.2, 0) is 27.8 Å². The Morgan fingerprint density at radius 3 is 2.32 bits per heavy atom. The van der Waals surface area contributed by atoms with E-state index in [1.54, 1.807) is 12.1 Å². The predicted octanol–water partition coefficient (Wildman–Crippen LogP) is 4.19. The lowest BCUT2D eigenvalue weighted by Gasteiger charge is -2.18. The maximum Gasteiger partial charge on any atom is 0.261 e. The molecule has 8 heteroatoms. The molecule has 0 fully saturated rings. The van der Waals surface area contributed by atoms with Crippen molar-refractivity contribution in [2.24, 2.45) is 10.9 Å². The Kier molecular flexibility index (Phi) is 6.61. The van der Waals surface area contributed by atoms with Crippen LogP contribution in [0.3, 0.4) is 0 Å². The first kappa shape index (κ1) is 23.4. The van der Waals surface area contributed by atoms with E-state index in [-0.39, 0.29) is 17.0 Å². The molecule has 1 unspecified atom stereocenters. The summed E-state index contributed by atoms with van der Waals surface area (Å²) >= 11 is 0. The normalized spacial score (nSPS) is 15.0. The maximum absolute atomic E-state index is 13.1. The van der Waals surface area contributed by atoms with Gasteiger partial charge in [0.2, 0.25) is 5.91 Å². The molecule has 2 N–H and O–H groups in total. The van der Waals surface area contributed by atoms with Gasteiger partial charge in [-0.05, 0) is 54.8 Å². The number of aliphatic imine (C=N–C) groups is 1. The van der Waals surface area contributed by atoms with Gasteiger partial charge in [0, 0.05) is 24.0 Å². The largest absolute Gasteiger partial charge is 0.351 e. The summed E-state index contributed by atoms with van der Waals surface area (Å²) in [6.07, 6.45) is 2.15. The molecule has 0 aliphatic carbocycles. The number of fused-ring (bicyclic) bond motifs is 1. The number of nitrogens with zero attached hydrogens (tertiary/aromatic N) is 1. The number of benzene rings is 3. The summed E-state index contributed by atoms with van der Waals surface area (Å²) in [4.78, 5) is 29.9. The summed E-state index contributed by atoms with van der Waals surface area (Å²) in [6.45, 7) is 4.27. The first-order valence-electron chi connectivity index (χ1n) is 10.9. The summed E-state index contributed by atoms with van der Waals surface area (Å²) in [7, 11) is -3.93. The molecule has 1 aliphatic rings. The highest BCUT2D eigenvalue weighted by Gasteiger charge is 2.31. The zero-order chi connectivity index (χ0) is 24.3. The molecule has 0 saturated carbocycles. The third kappa shape index (κ3) is 5.07. The van der Waals surface area contributed by atoms with Gasteiger partial charge in [-0.1, -0.05) is 48.9 Å². The minimum absolute atomic E-state index is 0.0740. The van der Waals surface area contributed by atoms with Crippen LogP contribution in [0.4, 0.5) is 11.4 Å². The molecule has 0 aromatic heterocycles. The Bertz CT molecular complexity index is 1360. The molecule has 0 bridgehead atoms. The number of amides is 1. The van der Waals surface area contributed by atoms with Gasteiger partial charge in [-0.2, -0.15) is 0 Å². The lowest BCUT2D eigenvalue weighted by molar-refractivity contribution is -0.122. The van der Waals surface area contributed by atoms with Crippen molar-refractivity contribution in [2.75, 3.05) is 4.72 Å². The fraction of sp³-hybridized carbons (Fsp3) is 0.192. The number of anilines is 1. The van der Waals surface area contributed by atoms with E-state index in [1.807, 2.05) is 50.2 Å². The quantitative estimate of drug-likeness (QED) is 0.500. The fourth-order valence-corrected chi connectivity index (χ4v) is 4.68. The highest BCUT2D eigenvalue weighted by Crippen LogP contribution is 2.29. The monoisotopic (exact) mass is 475 g/mol. The lowest BCUT2D eigenvalue weighted by Crippen LogP contribution is -2.37. The van der Waals surface area contributed by atoms with Gasteiger partial charge in [-0.3, -0.25) is 19.3 Å². The van der Waals surface area contributed by atoms with Gasteiger partial charge in [-0.15, -0.1) is 0 Å². The molecule has 0 radical (unpaired) electrons. The van der Waals surface area contributed by atoms with E-state index in [0.717, 1.165) is 23.1 Å². The van der Waals surface area contributed by atoms with Crippen LogP contribution in [0.1, 0.15) is 34.0 Å². The van der Waals surface area contributed by atoms with E-state index in [0.29, 0.717) is 11.4 Å². The van der Waals surface area contributed by atoms with E-state index in [9.17, 15) is 18.0 Å². The van der Waals surface area contributed by atoms with Crippen LogP contribution in [0, 0.1) is 12.8 Å². The van der Waals surface area contributed by atoms with Crippen molar-refractivity contribution in [1.82, 2.24) is 5.32 Å². The van der Waals surface area contributed by atoms with Crippen molar-refractivity contribution in [3.8, 4) is 0 Å². The average Bonchev–Trinajstić information content (AvgIpc) is 2.84. The fourth-order valence-electron chi connectivity index (χ4n) is 3.60. The Morgan fingerprint density at radius 1 is 0.971 bits per heavy atom. The van der Waals surface area contributed by atoms with Crippen LogP contribution >= 0.6 is 0 Å². The predicted molar refractivity (Wildman–Crippen MR) is 132 cm³/mol. The number of hydrogen-bond acceptors (Lipinski definition) is 5. The standard InChI is InChI=1S/C26H25N3O4S/c1-3-18-8-10-20(11-9-18)29-34(32,33)21-12-13-24-22(14-21)25(30)23(16-27-24)26(31)28-15-19-6-4-17(2)5-7-19/h4-14,16,23,29H,3,15H2,1-2H3,(H,28,31). The number of Topliss-reactive ketones (excluding diaryl/α,β-unsaturated/α-hetero) is 1. The van der Waals surface area contributed by atoms with Gasteiger partial charge >= 0.3 is 0 Å². The smallest absolute Gasteiger partial charge is 0.261 e. The van der Waals surface area contributed by atoms with Crippen molar-refractivity contribution in [3.63, 3.8) is 0 Å². The highest BCUT2D eigenvalue weighted by atomic mass is 32.2. The zero-order valence-corrected chi connectivity index (χ0v) is 19.7. The van der Waals surface area contributed by atoms with E-state index >= 15 is 0 Å². The zero-order valence-electron chi connectivity index (χ0n) is 18.9. The molecule has 7 nitrogen and oxygen atoms in total. The molecule has 174 valence electrons. The second-order valence-corrected chi connectivity index (χ2v) is 9.84. The number of nitrogens with one attached hydrogen (secondary N) is 2. The second-order valence-electron chi connectivity index (χ2n) is 8.16. The SMILES string of the molecule is CCc1ccc(NS(=O)(=O)c2ccc3c(c2)C(=O)C(C(=O)NCc2ccc(C)cc2)C=N3)cc1. The molecule has 0 saturated heterocycles. The summed E-state index contributed by atoms with van der Waals surface area (Å²) in [5, 5.41) is 2.75. The first-order valence-corrected chi connectivity index (χ1v) is 12.4. The molecule has 1 heterocycles. The van der Waals surface area contributed by atoms with E-state index in [2.05, 4.69) is 15.0 Å². The van der Waals surface area contributed by atoms with Crippen molar-refractivity contribution >= 4 is 39.3 Å². The Labute approximate surface area is 199 Å². The minimum atomic E-state index is -3.93. The Balaban J connectivity index is 1.50. The third-order valence-electron chi connectivity index (χ3n) is 5.67. The number of carbonyl (C=O) groups excluding carboxylic acids is 2. The van der Waals surface area contributed by atoms with Crippen molar-refractivity contribution in [2.45, 2.75) is 31.7 Å². The molecule has 3 aromatic carbocycles. The maximum atomic E-state index is 13.1. The Hall–Kier alpha value is -3.78. The van der Waals surface area contributed by atoms with Crippen LogP contribution < -0.4 is 10.0 Å². The van der Waals surface area contributed by atoms with Crippen LogP contribution in [0.25, 0.3) is 0 Å². The number of ketones is 1. The molecule has 4 rings (SSSR count). The molecular formula is C26H25N3O4S. The molecule has 1 aliphatic heterocycles. The summed E-state index contributed by atoms with van der Waals surface area (Å²) in [5.74, 6) is -2.09.